The summed E-state index contributed by atoms with van der Waals surface area (Å²) >= 11 is 0. The lowest BCUT2D eigenvalue weighted by Gasteiger charge is -2.32. The lowest BCUT2D eigenvalue weighted by molar-refractivity contribution is -0.138. The van der Waals surface area contributed by atoms with Crippen LogP contribution < -0.4 is 5.32 Å². The predicted molar refractivity (Wildman–Crippen MR) is 79.6 cm³/mol. The maximum absolute atomic E-state index is 13.0. The number of pyridine rings is 1. The lowest BCUT2D eigenvalue weighted by atomic mass is 9.90. The molecular weight excluding hydrogens is 305 g/mol. The highest BCUT2D eigenvalue weighted by atomic mass is 19.4. The van der Waals surface area contributed by atoms with Crippen molar-refractivity contribution in [2.75, 3.05) is 0 Å². The fourth-order valence-electron chi connectivity index (χ4n) is 3.21. The van der Waals surface area contributed by atoms with Crippen molar-refractivity contribution in [3.8, 4) is 0 Å². The second kappa shape index (κ2) is 6.70. The maximum Gasteiger partial charge on any atom is 0.418 e. The third-order valence-electron chi connectivity index (χ3n) is 4.32. The molecule has 7 heteroatoms. The fraction of sp³-hybridized carbons (Fsp3) is 0.500. The van der Waals surface area contributed by atoms with Crippen LogP contribution in [0.25, 0.3) is 0 Å². The second-order valence-corrected chi connectivity index (χ2v) is 5.82. The lowest BCUT2D eigenvalue weighted by Crippen LogP contribution is -2.40. The first-order chi connectivity index (χ1) is 11.1. The molecule has 124 valence electrons. The Balaban J connectivity index is 1.72. The van der Waals surface area contributed by atoms with Crippen LogP contribution in [0.5, 0.6) is 0 Å². The second-order valence-electron chi connectivity index (χ2n) is 5.82. The van der Waals surface area contributed by atoms with E-state index in [0.717, 1.165) is 31.7 Å². The van der Waals surface area contributed by atoms with Gasteiger partial charge in [-0.1, -0.05) is 12.8 Å². The Labute approximate surface area is 132 Å². The molecule has 2 heterocycles. The van der Waals surface area contributed by atoms with Crippen LogP contribution >= 0.6 is 0 Å². The predicted octanol–water partition coefficient (Wildman–Crippen LogP) is 3.57. The summed E-state index contributed by atoms with van der Waals surface area (Å²) in [4.78, 5) is 3.91. The summed E-state index contributed by atoms with van der Waals surface area (Å²) in [7, 11) is 0. The van der Waals surface area contributed by atoms with Crippen LogP contribution in [0.15, 0.2) is 36.8 Å². The molecule has 1 fully saturated rings. The summed E-state index contributed by atoms with van der Waals surface area (Å²) < 4.78 is 41.0. The van der Waals surface area contributed by atoms with Gasteiger partial charge in [0.1, 0.15) is 0 Å². The number of hydrogen-bond acceptors (Lipinski definition) is 3. The first kappa shape index (κ1) is 16.0. The minimum Gasteiger partial charge on any atom is -0.306 e. The molecule has 0 aromatic carbocycles. The van der Waals surface area contributed by atoms with Gasteiger partial charge in [-0.15, -0.1) is 0 Å². The van der Waals surface area contributed by atoms with Gasteiger partial charge in [0.2, 0.25) is 0 Å². The SMILES string of the molecule is FC(F)(F)c1cccnc1CN[C@H]1CCCC[C@@H]1n1cccn1. The van der Waals surface area contributed by atoms with Crippen LogP contribution in [0.3, 0.4) is 0 Å². The number of nitrogens with one attached hydrogen (secondary N) is 1. The molecule has 0 unspecified atom stereocenters. The van der Waals surface area contributed by atoms with E-state index in [9.17, 15) is 13.2 Å². The van der Waals surface area contributed by atoms with Crippen molar-refractivity contribution >= 4 is 0 Å². The molecule has 0 bridgehead atoms. The van der Waals surface area contributed by atoms with Crippen LogP contribution in [-0.2, 0) is 12.7 Å². The van der Waals surface area contributed by atoms with E-state index in [1.807, 2.05) is 16.9 Å². The summed E-state index contributed by atoms with van der Waals surface area (Å²) in [5.41, 5.74) is -0.622. The Morgan fingerprint density at radius 3 is 2.74 bits per heavy atom. The number of rotatable bonds is 4. The van der Waals surface area contributed by atoms with Gasteiger partial charge in [-0.05, 0) is 31.0 Å². The molecule has 2 aromatic heterocycles. The monoisotopic (exact) mass is 324 g/mol. The third kappa shape index (κ3) is 3.72. The van der Waals surface area contributed by atoms with Crippen molar-refractivity contribution in [3.05, 3.63) is 48.0 Å². The van der Waals surface area contributed by atoms with Gasteiger partial charge in [0.05, 0.1) is 17.3 Å². The van der Waals surface area contributed by atoms with Gasteiger partial charge >= 0.3 is 6.18 Å². The van der Waals surface area contributed by atoms with E-state index in [1.54, 1.807) is 6.20 Å². The van der Waals surface area contributed by atoms with Crippen molar-refractivity contribution in [3.63, 3.8) is 0 Å². The molecule has 0 spiro atoms. The van der Waals surface area contributed by atoms with E-state index in [-0.39, 0.29) is 24.3 Å². The molecule has 1 saturated carbocycles. The fourth-order valence-corrected chi connectivity index (χ4v) is 3.21. The zero-order valence-corrected chi connectivity index (χ0v) is 12.6. The van der Waals surface area contributed by atoms with Gasteiger partial charge in [-0.2, -0.15) is 18.3 Å². The molecule has 4 nitrogen and oxygen atoms in total. The summed E-state index contributed by atoms with van der Waals surface area (Å²) in [6.07, 6.45) is 4.76. The zero-order chi connectivity index (χ0) is 16.3. The molecule has 0 radical (unpaired) electrons. The van der Waals surface area contributed by atoms with Crippen molar-refractivity contribution in [1.29, 1.82) is 0 Å². The molecule has 2 aromatic rings. The Bertz CT molecular complexity index is 625. The molecule has 1 aliphatic rings. The maximum atomic E-state index is 13.0. The van der Waals surface area contributed by atoms with Crippen LogP contribution in [0, 0.1) is 0 Å². The molecule has 2 atom stereocenters. The Morgan fingerprint density at radius 1 is 1.17 bits per heavy atom. The topological polar surface area (TPSA) is 42.7 Å². The molecule has 0 amide bonds. The molecule has 0 saturated heterocycles. The average molecular weight is 324 g/mol. The molecular formula is C16H19F3N4. The largest absolute Gasteiger partial charge is 0.418 e. The smallest absolute Gasteiger partial charge is 0.306 e. The molecule has 1 aliphatic carbocycles. The van der Waals surface area contributed by atoms with Gasteiger partial charge < -0.3 is 5.32 Å². The highest BCUT2D eigenvalue weighted by Crippen LogP contribution is 2.32. The normalized spacial score (nSPS) is 22.2. The third-order valence-corrected chi connectivity index (χ3v) is 4.32. The molecule has 0 aliphatic heterocycles. The zero-order valence-electron chi connectivity index (χ0n) is 12.6. The van der Waals surface area contributed by atoms with Gasteiger partial charge in [0.25, 0.3) is 0 Å². The quantitative estimate of drug-likeness (QED) is 0.935. The first-order valence-electron chi connectivity index (χ1n) is 7.79. The first-order valence-corrected chi connectivity index (χ1v) is 7.79. The number of aromatic nitrogens is 3. The minimum atomic E-state index is -4.38. The van der Waals surface area contributed by atoms with Gasteiger partial charge in [0.15, 0.2) is 0 Å². The van der Waals surface area contributed by atoms with Crippen molar-refractivity contribution in [1.82, 2.24) is 20.1 Å². The molecule has 23 heavy (non-hydrogen) atoms. The Kier molecular flexibility index (Phi) is 4.66. The van der Waals surface area contributed by atoms with Crippen molar-refractivity contribution in [2.24, 2.45) is 0 Å². The standard InChI is InChI=1S/C16H19F3N4/c17-16(18,19)12-5-3-8-20-14(12)11-21-13-6-1-2-7-15(13)23-10-4-9-22-23/h3-5,8-10,13,15,21H,1-2,6-7,11H2/t13-,15-/m0/s1. The van der Waals surface area contributed by atoms with E-state index in [1.165, 1.54) is 12.3 Å². The summed E-state index contributed by atoms with van der Waals surface area (Å²) in [6.45, 7) is 0.109. The van der Waals surface area contributed by atoms with Crippen molar-refractivity contribution < 1.29 is 13.2 Å². The van der Waals surface area contributed by atoms with Crippen LogP contribution in [-0.4, -0.2) is 20.8 Å². The number of hydrogen-bond donors (Lipinski definition) is 1. The van der Waals surface area contributed by atoms with Crippen molar-refractivity contribution in [2.45, 2.75) is 50.5 Å². The summed E-state index contributed by atoms with van der Waals surface area (Å²) in [5.74, 6) is 0. The van der Waals surface area contributed by atoms with E-state index in [4.69, 9.17) is 0 Å². The average Bonchev–Trinajstić information content (AvgIpc) is 3.07. The highest BCUT2D eigenvalue weighted by Gasteiger charge is 2.34. The molecule has 1 N–H and O–H groups in total. The summed E-state index contributed by atoms with van der Waals surface area (Å²) in [5, 5.41) is 7.55. The highest BCUT2D eigenvalue weighted by molar-refractivity contribution is 5.23. The Morgan fingerprint density at radius 2 is 2.00 bits per heavy atom. The van der Waals surface area contributed by atoms with Crippen LogP contribution in [0.1, 0.15) is 43.0 Å². The van der Waals surface area contributed by atoms with Crippen LogP contribution in [0.2, 0.25) is 0 Å². The number of alkyl halides is 3. The van der Waals surface area contributed by atoms with Gasteiger partial charge in [-0.25, -0.2) is 0 Å². The summed E-state index contributed by atoms with van der Waals surface area (Å²) in [6, 6.07) is 4.55. The molecule has 3 rings (SSSR count). The minimum absolute atomic E-state index is 0.0461. The van der Waals surface area contributed by atoms with E-state index >= 15 is 0 Å². The van der Waals surface area contributed by atoms with E-state index < -0.39 is 11.7 Å². The van der Waals surface area contributed by atoms with Crippen LogP contribution in [0.4, 0.5) is 13.2 Å². The van der Waals surface area contributed by atoms with Gasteiger partial charge in [-0.3, -0.25) is 9.67 Å². The van der Waals surface area contributed by atoms with E-state index in [2.05, 4.69) is 15.4 Å². The Hall–Kier alpha value is -1.89. The van der Waals surface area contributed by atoms with Gasteiger partial charge in [0, 0.05) is 31.2 Å². The van der Waals surface area contributed by atoms with E-state index in [0.29, 0.717) is 0 Å². The number of halogens is 3. The number of nitrogens with zero attached hydrogens (tertiary/aromatic N) is 3.